The number of piperazine rings is 1. The summed E-state index contributed by atoms with van der Waals surface area (Å²) in [6, 6.07) is 13.8. The number of aromatic nitrogens is 2. The Balaban J connectivity index is 1.33. The Labute approximate surface area is 262 Å². The number of hydrogen-bond acceptors (Lipinski definition) is 7. The molecule has 0 saturated carbocycles. The molecule has 45 heavy (non-hydrogen) atoms. The lowest BCUT2D eigenvalue weighted by atomic mass is 10.00. The molecule has 2 aromatic heterocycles. The fourth-order valence-corrected chi connectivity index (χ4v) is 5.94. The van der Waals surface area contributed by atoms with Crippen LogP contribution in [0, 0.1) is 5.82 Å². The monoisotopic (exact) mass is 636 g/mol. The molecular weight excluding hydrogens is 599 g/mol. The van der Waals surface area contributed by atoms with Crippen molar-refractivity contribution in [2.24, 2.45) is 0 Å². The average molecular weight is 637 g/mol. The first-order chi connectivity index (χ1) is 21.3. The number of hydrogen-bond donors (Lipinski definition) is 2. The van der Waals surface area contributed by atoms with E-state index in [1.165, 1.54) is 31.4 Å². The molecule has 1 aliphatic heterocycles. The fourth-order valence-electron chi connectivity index (χ4n) is 5.01. The number of anilines is 2. The van der Waals surface area contributed by atoms with E-state index >= 15 is 4.39 Å². The van der Waals surface area contributed by atoms with Crippen molar-refractivity contribution in [2.75, 3.05) is 49.4 Å². The van der Waals surface area contributed by atoms with Gasteiger partial charge in [0.1, 0.15) is 11.2 Å². The normalized spacial score (nSPS) is 14.2. The van der Waals surface area contributed by atoms with E-state index in [0.29, 0.717) is 37.2 Å². The molecule has 1 fully saturated rings. The summed E-state index contributed by atoms with van der Waals surface area (Å²) in [5.41, 5.74) is 2.22. The number of benzene rings is 2. The standard InChI is InChI=1S/C32H37FN6O5S/c1-6-37(5)45(42,43)36-27-9-7-8-24(28(27)33)29(40)26-20-35-30-25(26)18-22(19-34-30)21-10-12-23(13-11-21)38-14-16-39(17-15-38)31(41)44-32(2,3)4/h7-13,18-20,36H,6,14-17H2,1-5H3,(H,34,35). The zero-order valence-electron chi connectivity index (χ0n) is 25.9. The van der Waals surface area contributed by atoms with Crippen LogP contribution >= 0.6 is 0 Å². The van der Waals surface area contributed by atoms with Gasteiger partial charge in [-0.05, 0) is 56.7 Å². The molecule has 2 N–H and O–H groups in total. The molecule has 0 radical (unpaired) electrons. The van der Waals surface area contributed by atoms with Gasteiger partial charge < -0.3 is 19.5 Å². The lowest BCUT2D eigenvalue weighted by Crippen LogP contribution is -2.50. The lowest BCUT2D eigenvalue weighted by Gasteiger charge is -2.36. The molecule has 3 heterocycles. The Morgan fingerprint density at radius 3 is 2.38 bits per heavy atom. The quantitative estimate of drug-likeness (QED) is 0.253. The number of fused-ring (bicyclic) bond motifs is 1. The molecule has 0 aliphatic carbocycles. The number of ether oxygens (including phenoxy) is 1. The van der Waals surface area contributed by atoms with Gasteiger partial charge in [-0.15, -0.1) is 0 Å². The van der Waals surface area contributed by atoms with Crippen LogP contribution in [0.4, 0.5) is 20.6 Å². The number of halogens is 1. The van der Waals surface area contributed by atoms with Gasteiger partial charge in [-0.3, -0.25) is 9.52 Å². The summed E-state index contributed by atoms with van der Waals surface area (Å²) in [6.45, 7) is 9.88. The summed E-state index contributed by atoms with van der Waals surface area (Å²) in [7, 11) is -2.61. The number of aromatic amines is 1. The zero-order chi connectivity index (χ0) is 32.5. The number of amides is 1. The third-order valence-corrected chi connectivity index (χ3v) is 9.17. The molecule has 11 nitrogen and oxygen atoms in total. The van der Waals surface area contributed by atoms with E-state index in [-0.39, 0.29) is 29.5 Å². The maximum absolute atomic E-state index is 15.5. The second kappa shape index (κ2) is 12.5. The molecule has 0 spiro atoms. The smallest absolute Gasteiger partial charge is 0.410 e. The topological polar surface area (TPSA) is 128 Å². The van der Waals surface area contributed by atoms with Crippen molar-refractivity contribution in [1.82, 2.24) is 19.2 Å². The van der Waals surface area contributed by atoms with E-state index in [4.69, 9.17) is 4.74 Å². The third kappa shape index (κ3) is 6.94. The van der Waals surface area contributed by atoms with Gasteiger partial charge in [-0.1, -0.05) is 25.1 Å². The molecule has 1 saturated heterocycles. The van der Waals surface area contributed by atoms with Gasteiger partial charge in [0.25, 0.3) is 0 Å². The molecule has 1 aliphatic rings. The highest BCUT2D eigenvalue weighted by molar-refractivity contribution is 7.90. The number of carbonyl (C=O) groups excluding carboxylic acids is 2. The van der Waals surface area contributed by atoms with Gasteiger partial charge in [-0.25, -0.2) is 14.2 Å². The predicted octanol–water partition coefficient (Wildman–Crippen LogP) is 5.27. The molecule has 238 valence electrons. The number of rotatable bonds is 8. The largest absolute Gasteiger partial charge is 0.444 e. The van der Waals surface area contributed by atoms with Gasteiger partial charge >= 0.3 is 16.3 Å². The Kier molecular flexibility index (Phi) is 8.86. The van der Waals surface area contributed by atoms with E-state index in [2.05, 4.69) is 19.6 Å². The maximum atomic E-state index is 15.5. The van der Waals surface area contributed by atoms with Gasteiger partial charge in [0.2, 0.25) is 0 Å². The van der Waals surface area contributed by atoms with E-state index in [1.54, 1.807) is 18.0 Å². The second-order valence-corrected chi connectivity index (χ2v) is 13.6. The molecule has 4 aromatic rings. The highest BCUT2D eigenvalue weighted by atomic mass is 32.2. The Hall–Kier alpha value is -4.49. The van der Waals surface area contributed by atoms with Crippen LogP contribution < -0.4 is 9.62 Å². The van der Waals surface area contributed by atoms with Gasteiger partial charge in [-0.2, -0.15) is 12.7 Å². The van der Waals surface area contributed by atoms with Crippen LogP contribution in [0.5, 0.6) is 0 Å². The molecule has 0 bridgehead atoms. The van der Waals surface area contributed by atoms with Crippen LogP contribution in [0.15, 0.2) is 60.9 Å². The van der Waals surface area contributed by atoms with Crippen molar-refractivity contribution >= 4 is 44.5 Å². The maximum Gasteiger partial charge on any atom is 0.410 e. The minimum Gasteiger partial charge on any atom is -0.444 e. The summed E-state index contributed by atoms with van der Waals surface area (Å²) < 4.78 is 49.1. The number of H-pyrrole nitrogens is 1. The van der Waals surface area contributed by atoms with Crippen molar-refractivity contribution in [3.8, 4) is 11.1 Å². The van der Waals surface area contributed by atoms with Gasteiger partial charge in [0.05, 0.1) is 11.3 Å². The lowest BCUT2D eigenvalue weighted by molar-refractivity contribution is 0.0240. The predicted molar refractivity (Wildman–Crippen MR) is 172 cm³/mol. The van der Waals surface area contributed by atoms with Crippen molar-refractivity contribution in [3.63, 3.8) is 0 Å². The van der Waals surface area contributed by atoms with Crippen molar-refractivity contribution < 1.29 is 27.1 Å². The number of pyridine rings is 1. The molecule has 2 aromatic carbocycles. The van der Waals surface area contributed by atoms with Crippen LogP contribution in [-0.2, 0) is 14.9 Å². The first kappa shape index (κ1) is 31.9. The van der Waals surface area contributed by atoms with Gasteiger partial charge in [0, 0.05) is 74.4 Å². The number of carbonyl (C=O) groups is 2. The Morgan fingerprint density at radius 2 is 1.73 bits per heavy atom. The minimum atomic E-state index is -3.98. The number of nitrogens with one attached hydrogen (secondary N) is 2. The van der Waals surface area contributed by atoms with E-state index in [1.807, 2.05) is 51.1 Å². The zero-order valence-corrected chi connectivity index (χ0v) is 26.7. The van der Waals surface area contributed by atoms with E-state index in [9.17, 15) is 18.0 Å². The number of nitrogens with zero attached hydrogens (tertiary/aromatic N) is 4. The van der Waals surface area contributed by atoms with Crippen molar-refractivity contribution in [2.45, 2.75) is 33.3 Å². The van der Waals surface area contributed by atoms with Crippen LogP contribution in [0.25, 0.3) is 22.2 Å². The molecular formula is C32H37FN6O5S. The molecule has 0 unspecified atom stereocenters. The first-order valence-corrected chi connectivity index (χ1v) is 16.1. The Morgan fingerprint density at radius 1 is 1.04 bits per heavy atom. The summed E-state index contributed by atoms with van der Waals surface area (Å²) in [6.07, 6.45) is 2.87. The van der Waals surface area contributed by atoms with Crippen molar-refractivity contribution in [1.29, 1.82) is 0 Å². The van der Waals surface area contributed by atoms with Crippen LogP contribution in [0.2, 0.25) is 0 Å². The molecule has 5 rings (SSSR count). The molecule has 0 atom stereocenters. The summed E-state index contributed by atoms with van der Waals surface area (Å²) in [4.78, 5) is 37.3. The summed E-state index contributed by atoms with van der Waals surface area (Å²) in [5, 5.41) is 0.510. The average Bonchev–Trinajstić information content (AvgIpc) is 3.44. The van der Waals surface area contributed by atoms with Crippen molar-refractivity contribution in [3.05, 3.63) is 77.9 Å². The number of ketones is 1. The molecule has 1 amide bonds. The van der Waals surface area contributed by atoms with Crippen LogP contribution in [-0.4, -0.2) is 84.8 Å². The van der Waals surface area contributed by atoms with E-state index in [0.717, 1.165) is 21.1 Å². The molecule has 13 heteroatoms. The summed E-state index contributed by atoms with van der Waals surface area (Å²) in [5.74, 6) is -1.57. The highest BCUT2D eigenvalue weighted by Crippen LogP contribution is 2.30. The SMILES string of the molecule is CCN(C)S(=O)(=O)Nc1cccc(C(=O)c2c[nH]c3ncc(-c4ccc(N5CCN(C(=O)OC(C)(C)C)CC5)cc4)cc23)c1F. The van der Waals surface area contributed by atoms with E-state index < -0.39 is 27.4 Å². The second-order valence-electron chi connectivity index (χ2n) is 11.8. The van der Waals surface area contributed by atoms with Crippen LogP contribution in [0.1, 0.15) is 43.6 Å². The minimum absolute atomic E-state index is 0.190. The fraction of sp³-hybridized carbons (Fsp3) is 0.344. The first-order valence-electron chi connectivity index (χ1n) is 14.6. The summed E-state index contributed by atoms with van der Waals surface area (Å²) >= 11 is 0. The highest BCUT2D eigenvalue weighted by Gasteiger charge is 2.27. The van der Waals surface area contributed by atoms with Gasteiger partial charge in [0.15, 0.2) is 11.6 Å². The van der Waals surface area contributed by atoms with Crippen LogP contribution in [0.3, 0.4) is 0 Å². The third-order valence-electron chi connectivity index (χ3n) is 7.61. The Bertz CT molecular complexity index is 1830.